The molecule has 1 N–H and O–H groups in total. The third-order valence-electron chi connectivity index (χ3n) is 3.65. The fourth-order valence-corrected chi connectivity index (χ4v) is 2.84. The minimum absolute atomic E-state index is 0.150. The first-order valence-corrected chi connectivity index (χ1v) is 9.43. The maximum atomic E-state index is 12.0. The number of thiophene rings is 1. The topological polar surface area (TPSA) is 90.9 Å². The summed E-state index contributed by atoms with van der Waals surface area (Å²) in [5.74, 6) is -0.412. The Labute approximate surface area is 166 Å². The van der Waals surface area contributed by atoms with Crippen LogP contribution in [0.2, 0.25) is 0 Å². The molecule has 0 atom stereocenters. The van der Waals surface area contributed by atoms with E-state index in [1.807, 2.05) is 5.38 Å². The van der Waals surface area contributed by atoms with Crippen molar-refractivity contribution >= 4 is 35.3 Å². The fraction of sp³-hybridized carbons (Fsp3) is 0.250. The van der Waals surface area contributed by atoms with Crippen LogP contribution in [0.1, 0.15) is 28.8 Å². The van der Waals surface area contributed by atoms with E-state index in [2.05, 4.69) is 10.1 Å². The number of nitrogens with one attached hydrogen (secondary N) is 1. The Kier molecular flexibility index (Phi) is 8.23. The molecule has 1 heterocycles. The molecule has 8 heteroatoms. The van der Waals surface area contributed by atoms with Crippen molar-refractivity contribution in [3.8, 4) is 11.5 Å². The summed E-state index contributed by atoms with van der Waals surface area (Å²) >= 11 is 1.45. The molecular weight excluding hydrogens is 382 g/mol. The standard InChI is InChI=1S/C20H21NO6S/c1-25-17-12-14(6-8-18(22)26-2)5-7-16(17)27-19(23)4-3-10-21-20(24)15-9-11-28-13-15/h5-9,11-13H,3-4,10H2,1-2H3,(H,21,24)/b8-6+. The minimum Gasteiger partial charge on any atom is -0.493 e. The van der Waals surface area contributed by atoms with Gasteiger partial charge in [-0.1, -0.05) is 6.07 Å². The number of carbonyl (C=O) groups is 3. The Morgan fingerprint density at radius 2 is 1.96 bits per heavy atom. The lowest BCUT2D eigenvalue weighted by Gasteiger charge is -2.10. The molecule has 2 aromatic rings. The Balaban J connectivity index is 1.83. The van der Waals surface area contributed by atoms with Gasteiger partial charge in [0.2, 0.25) is 0 Å². The lowest BCUT2D eigenvalue weighted by molar-refractivity contribution is -0.135. The number of carbonyl (C=O) groups excluding carboxylic acids is 3. The van der Waals surface area contributed by atoms with Crippen LogP contribution < -0.4 is 14.8 Å². The highest BCUT2D eigenvalue weighted by molar-refractivity contribution is 7.08. The summed E-state index contributed by atoms with van der Waals surface area (Å²) in [7, 11) is 2.75. The smallest absolute Gasteiger partial charge is 0.330 e. The molecule has 0 fully saturated rings. The number of hydrogen-bond acceptors (Lipinski definition) is 7. The number of hydrogen-bond donors (Lipinski definition) is 1. The number of methoxy groups -OCH3 is 2. The van der Waals surface area contributed by atoms with E-state index in [4.69, 9.17) is 9.47 Å². The molecule has 2 rings (SSSR count). The largest absolute Gasteiger partial charge is 0.493 e. The van der Waals surface area contributed by atoms with E-state index in [0.29, 0.717) is 29.8 Å². The Hall–Kier alpha value is -3.13. The van der Waals surface area contributed by atoms with Gasteiger partial charge in [0.05, 0.1) is 14.2 Å². The van der Waals surface area contributed by atoms with Gasteiger partial charge in [0.25, 0.3) is 5.91 Å². The van der Waals surface area contributed by atoms with Crippen molar-refractivity contribution in [3.63, 3.8) is 0 Å². The first-order chi connectivity index (χ1) is 13.5. The monoisotopic (exact) mass is 403 g/mol. The number of esters is 2. The van der Waals surface area contributed by atoms with Crippen molar-refractivity contribution in [2.24, 2.45) is 0 Å². The lowest BCUT2D eigenvalue weighted by atomic mass is 10.2. The van der Waals surface area contributed by atoms with E-state index in [9.17, 15) is 14.4 Å². The van der Waals surface area contributed by atoms with Crippen LogP contribution in [0.25, 0.3) is 6.08 Å². The lowest BCUT2D eigenvalue weighted by Crippen LogP contribution is -2.24. The van der Waals surface area contributed by atoms with Gasteiger partial charge in [0.15, 0.2) is 11.5 Å². The third kappa shape index (κ3) is 6.55. The van der Waals surface area contributed by atoms with Gasteiger partial charge in [0.1, 0.15) is 0 Å². The summed E-state index contributed by atoms with van der Waals surface area (Å²) in [5, 5.41) is 6.35. The Morgan fingerprint density at radius 1 is 1.14 bits per heavy atom. The van der Waals surface area contributed by atoms with Gasteiger partial charge in [-0.15, -0.1) is 0 Å². The normalized spacial score (nSPS) is 10.5. The van der Waals surface area contributed by atoms with Crippen LogP contribution in [-0.2, 0) is 14.3 Å². The van der Waals surface area contributed by atoms with Gasteiger partial charge in [0, 0.05) is 30.0 Å². The van der Waals surface area contributed by atoms with Gasteiger partial charge in [-0.25, -0.2) is 4.79 Å². The van der Waals surface area contributed by atoms with Gasteiger partial charge in [-0.3, -0.25) is 9.59 Å². The zero-order valence-electron chi connectivity index (χ0n) is 15.6. The highest BCUT2D eigenvalue weighted by Gasteiger charge is 2.11. The van der Waals surface area contributed by atoms with Crippen molar-refractivity contribution in [3.05, 3.63) is 52.2 Å². The second kappa shape index (κ2) is 10.9. The summed E-state index contributed by atoms with van der Waals surface area (Å²) in [6.45, 7) is 0.373. The summed E-state index contributed by atoms with van der Waals surface area (Å²) in [4.78, 5) is 35.0. The quantitative estimate of drug-likeness (QED) is 0.299. The average molecular weight is 403 g/mol. The van der Waals surface area contributed by atoms with Gasteiger partial charge in [-0.2, -0.15) is 11.3 Å². The molecule has 0 aliphatic rings. The molecule has 0 radical (unpaired) electrons. The molecular formula is C20H21NO6S. The maximum absolute atomic E-state index is 12.0. The predicted octanol–water partition coefficient (Wildman–Crippen LogP) is 3.06. The van der Waals surface area contributed by atoms with Crippen LogP contribution in [0.15, 0.2) is 41.1 Å². The number of benzene rings is 1. The van der Waals surface area contributed by atoms with Crippen molar-refractivity contribution in [1.82, 2.24) is 5.32 Å². The molecule has 0 saturated carbocycles. The Morgan fingerprint density at radius 3 is 2.64 bits per heavy atom. The third-order valence-corrected chi connectivity index (χ3v) is 4.33. The second-order valence-corrected chi connectivity index (χ2v) is 6.39. The van der Waals surface area contributed by atoms with Crippen LogP contribution in [-0.4, -0.2) is 38.6 Å². The number of rotatable bonds is 9. The number of amides is 1. The summed E-state index contributed by atoms with van der Waals surface area (Å²) in [5.41, 5.74) is 1.30. The van der Waals surface area contributed by atoms with E-state index in [1.165, 1.54) is 31.6 Å². The van der Waals surface area contributed by atoms with E-state index >= 15 is 0 Å². The minimum atomic E-state index is -0.472. The molecule has 1 amide bonds. The van der Waals surface area contributed by atoms with Crippen molar-refractivity contribution in [1.29, 1.82) is 0 Å². The molecule has 0 spiro atoms. The van der Waals surface area contributed by atoms with Crippen LogP contribution >= 0.6 is 11.3 Å². The molecule has 1 aromatic carbocycles. The zero-order valence-corrected chi connectivity index (χ0v) is 16.4. The fourth-order valence-electron chi connectivity index (χ4n) is 2.21. The second-order valence-electron chi connectivity index (χ2n) is 5.61. The number of ether oxygens (including phenoxy) is 3. The van der Waals surface area contributed by atoms with Crippen molar-refractivity contribution < 1.29 is 28.6 Å². The van der Waals surface area contributed by atoms with E-state index < -0.39 is 11.9 Å². The first-order valence-electron chi connectivity index (χ1n) is 8.48. The van der Waals surface area contributed by atoms with Gasteiger partial charge < -0.3 is 19.5 Å². The summed E-state index contributed by atoms with van der Waals surface area (Å²) in [6.07, 6.45) is 3.45. The first kappa shape index (κ1) is 21.2. The molecule has 148 valence electrons. The molecule has 28 heavy (non-hydrogen) atoms. The van der Waals surface area contributed by atoms with Gasteiger partial charge in [-0.05, 0) is 41.6 Å². The Bertz CT molecular complexity index is 844. The highest BCUT2D eigenvalue weighted by Crippen LogP contribution is 2.29. The summed E-state index contributed by atoms with van der Waals surface area (Å²) < 4.78 is 15.1. The van der Waals surface area contributed by atoms with Crippen molar-refractivity contribution in [2.45, 2.75) is 12.8 Å². The van der Waals surface area contributed by atoms with E-state index in [-0.39, 0.29) is 18.1 Å². The highest BCUT2D eigenvalue weighted by atomic mass is 32.1. The molecule has 0 saturated heterocycles. The summed E-state index contributed by atoms with van der Waals surface area (Å²) in [6, 6.07) is 6.66. The molecule has 7 nitrogen and oxygen atoms in total. The molecule has 0 aliphatic heterocycles. The van der Waals surface area contributed by atoms with Gasteiger partial charge >= 0.3 is 11.9 Å². The van der Waals surface area contributed by atoms with Crippen LogP contribution in [0.5, 0.6) is 11.5 Å². The van der Waals surface area contributed by atoms with E-state index in [0.717, 1.165) is 0 Å². The van der Waals surface area contributed by atoms with Crippen LogP contribution in [0.3, 0.4) is 0 Å². The maximum Gasteiger partial charge on any atom is 0.330 e. The zero-order chi connectivity index (χ0) is 20.4. The van der Waals surface area contributed by atoms with Crippen LogP contribution in [0.4, 0.5) is 0 Å². The molecule has 0 aliphatic carbocycles. The molecule has 0 bridgehead atoms. The predicted molar refractivity (Wildman–Crippen MR) is 106 cm³/mol. The van der Waals surface area contributed by atoms with Crippen LogP contribution in [0, 0.1) is 0 Å². The van der Waals surface area contributed by atoms with Crippen molar-refractivity contribution in [2.75, 3.05) is 20.8 Å². The molecule has 0 unspecified atom stereocenters. The average Bonchev–Trinajstić information content (AvgIpc) is 3.25. The SMILES string of the molecule is COC(=O)/C=C/c1ccc(OC(=O)CCCNC(=O)c2ccsc2)c(OC)c1. The molecule has 1 aromatic heterocycles. The van der Waals surface area contributed by atoms with E-state index in [1.54, 1.807) is 35.7 Å².